The molecule has 26 heavy (non-hydrogen) atoms. The van der Waals surface area contributed by atoms with Crippen molar-refractivity contribution in [2.24, 2.45) is 0 Å². The Morgan fingerprint density at radius 1 is 0.885 bits per heavy atom. The van der Waals surface area contributed by atoms with Crippen LogP contribution in [0, 0.1) is 0 Å². The number of benzene rings is 3. The minimum Gasteiger partial charge on any atom is -0.496 e. The second kappa shape index (κ2) is 7.51. The predicted octanol–water partition coefficient (Wildman–Crippen LogP) is 7.52. The van der Waals surface area contributed by atoms with Gasteiger partial charge in [0.2, 0.25) is 0 Å². The summed E-state index contributed by atoms with van der Waals surface area (Å²) in [6.07, 6.45) is 0. The molecule has 5 heteroatoms. The van der Waals surface area contributed by atoms with Crippen LogP contribution in [-0.4, -0.2) is 12.1 Å². The highest BCUT2D eigenvalue weighted by atomic mass is 79.9. The molecule has 2 nitrogen and oxygen atoms in total. The number of aromatic nitrogens is 1. The molecule has 0 aliphatic rings. The van der Waals surface area contributed by atoms with Crippen molar-refractivity contribution in [3.8, 4) is 17.0 Å². The van der Waals surface area contributed by atoms with Gasteiger partial charge in [0.1, 0.15) is 5.75 Å². The highest BCUT2D eigenvalue weighted by molar-refractivity contribution is 9.11. The van der Waals surface area contributed by atoms with Crippen LogP contribution in [0.4, 0.5) is 0 Å². The van der Waals surface area contributed by atoms with E-state index in [9.17, 15) is 0 Å². The van der Waals surface area contributed by atoms with Crippen molar-refractivity contribution >= 4 is 54.5 Å². The van der Waals surface area contributed by atoms with Crippen LogP contribution >= 0.6 is 43.6 Å². The summed E-state index contributed by atoms with van der Waals surface area (Å²) in [4.78, 5) is 5.96. The largest absolute Gasteiger partial charge is 0.496 e. The van der Waals surface area contributed by atoms with Crippen LogP contribution < -0.4 is 4.74 Å². The van der Waals surface area contributed by atoms with Crippen LogP contribution in [0.2, 0.25) is 0 Å². The monoisotopic (exact) mass is 487 g/mol. The van der Waals surface area contributed by atoms with Crippen LogP contribution in [0.5, 0.6) is 5.75 Å². The molecule has 0 spiro atoms. The molecular weight excluding hydrogens is 474 g/mol. The van der Waals surface area contributed by atoms with Gasteiger partial charge >= 0.3 is 0 Å². The summed E-state index contributed by atoms with van der Waals surface area (Å²) in [5, 5.41) is 1.10. The second-order valence-corrected chi connectivity index (χ2v) is 8.58. The molecule has 4 rings (SSSR count). The summed E-state index contributed by atoms with van der Waals surface area (Å²) >= 11 is 9.05. The number of methoxy groups -OCH3 is 1. The smallest absolute Gasteiger partial charge is 0.133 e. The van der Waals surface area contributed by atoms with Gasteiger partial charge in [-0.1, -0.05) is 42.1 Å². The van der Waals surface area contributed by atoms with Crippen LogP contribution in [0.1, 0.15) is 0 Å². The number of H-pyrrole nitrogens is 1. The Morgan fingerprint density at radius 3 is 2.27 bits per heavy atom. The average Bonchev–Trinajstić information content (AvgIpc) is 2.98. The zero-order valence-corrected chi connectivity index (χ0v) is 17.9. The Bertz CT molecular complexity index is 1060. The molecule has 0 aliphatic carbocycles. The third kappa shape index (κ3) is 3.43. The van der Waals surface area contributed by atoms with Gasteiger partial charge in [0.05, 0.1) is 21.7 Å². The molecule has 4 aromatic rings. The molecule has 0 aliphatic heterocycles. The molecule has 130 valence electrons. The standard InChI is InChI=1S/C21H15Br2NOS/c1-25-19-11-16-18(12-17(19)22)24-21(20(16)23)13-7-9-15(10-8-13)26-14-5-3-2-4-6-14/h2-12,24H,1H3. The second-order valence-electron chi connectivity index (χ2n) is 5.79. The first kappa shape index (κ1) is 17.7. The maximum absolute atomic E-state index is 5.41. The lowest BCUT2D eigenvalue weighted by Crippen LogP contribution is -1.83. The van der Waals surface area contributed by atoms with Crippen LogP contribution in [0.15, 0.2) is 85.5 Å². The highest BCUT2D eigenvalue weighted by Gasteiger charge is 2.14. The van der Waals surface area contributed by atoms with Gasteiger partial charge < -0.3 is 9.72 Å². The zero-order valence-electron chi connectivity index (χ0n) is 13.9. The lowest BCUT2D eigenvalue weighted by atomic mass is 10.1. The fourth-order valence-corrected chi connectivity index (χ4v) is 4.83. The first-order chi connectivity index (χ1) is 12.7. The Hall–Kier alpha value is -1.69. The van der Waals surface area contributed by atoms with E-state index in [-0.39, 0.29) is 0 Å². The Kier molecular flexibility index (Phi) is 5.11. The maximum atomic E-state index is 5.41. The molecule has 0 atom stereocenters. The molecule has 0 amide bonds. The minimum atomic E-state index is 0.818. The van der Waals surface area contributed by atoms with Crippen molar-refractivity contribution in [3.05, 3.63) is 75.7 Å². The van der Waals surface area contributed by atoms with E-state index in [1.54, 1.807) is 18.9 Å². The van der Waals surface area contributed by atoms with Crippen molar-refractivity contribution in [2.75, 3.05) is 7.11 Å². The molecule has 1 heterocycles. The Morgan fingerprint density at radius 2 is 1.58 bits per heavy atom. The molecule has 0 fully saturated rings. The van der Waals surface area contributed by atoms with Gasteiger partial charge in [-0.25, -0.2) is 0 Å². The first-order valence-corrected chi connectivity index (χ1v) is 10.4. The molecule has 0 radical (unpaired) electrons. The number of fused-ring (bicyclic) bond motifs is 1. The normalized spacial score (nSPS) is 11.0. The fraction of sp³-hybridized carbons (Fsp3) is 0.0476. The molecule has 0 saturated heterocycles. The van der Waals surface area contributed by atoms with Gasteiger partial charge in [-0.3, -0.25) is 0 Å². The summed E-state index contributed by atoms with van der Waals surface area (Å²) in [7, 11) is 1.68. The van der Waals surface area contributed by atoms with Gasteiger partial charge in [-0.05, 0) is 73.8 Å². The van der Waals surface area contributed by atoms with Gasteiger partial charge in [0.15, 0.2) is 0 Å². The van der Waals surface area contributed by atoms with E-state index in [1.807, 2.05) is 18.2 Å². The number of nitrogens with one attached hydrogen (secondary N) is 1. The molecular formula is C21H15Br2NOS. The van der Waals surface area contributed by atoms with Crippen molar-refractivity contribution in [2.45, 2.75) is 9.79 Å². The summed E-state index contributed by atoms with van der Waals surface area (Å²) in [6, 6.07) is 23.1. The van der Waals surface area contributed by atoms with Crippen molar-refractivity contribution in [3.63, 3.8) is 0 Å². The molecule has 0 unspecified atom stereocenters. The molecule has 0 bridgehead atoms. The van der Waals surface area contributed by atoms with Crippen molar-refractivity contribution in [1.29, 1.82) is 0 Å². The van der Waals surface area contributed by atoms with E-state index in [1.165, 1.54) is 9.79 Å². The summed E-state index contributed by atoms with van der Waals surface area (Å²) < 4.78 is 7.39. The minimum absolute atomic E-state index is 0.818. The average molecular weight is 489 g/mol. The summed E-state index contributed by atoms with van der Waals surface area (Å²) in [5.41, 5.74) is 3.26. The Labute approximate surface area is 173 Å². The number of halogens is 2. The number of hydrogen-bond donors (Lipinski definition) is 1. The van der Waals surface area contributed by atoms with Crippen LogP contribution in [-0.2, 0) is 0 Å². The van der Waals surface area contributed by atoms with Crippen molar-refractivity contribution < 1.29 is 4.74 Å². The van der Waals surface area contributed by atoms with E-state index in [0.717, 1.165) is 36.9 Å². The van der Waals surface area contributed by atoms with E-state index in [4.69, 9.17) is 4.74 Å². The predicted molar refractivity (Wildman–Crippen MR) is 116 cm³/mol. The summed E-state index contributed by atoms with van der Waals surface area (Å²) in [6.45, 7) is 0. The van der Waals surface area contributed by atoms with Gasteiger partial charge in [-0.2, -0.15) is 0 Å². The van der Waals surface area contributed by atoms with Crippen LogP contribution in [0.25, 0.3) is 22.2 Å². The topological polar surface area (TPSA) is 25.0 Å². The van der Waals surface area contributed by atoms with Crippen LogP contribution in [0.3, 0.4) is 0 Å². The number of aromatic amines is 1. The lowest BCUT2D eigenvalue weighted by molar-refractivity contribution is 0.413. The van der Waals surface area contributed by atoms with Gasteiger partial charge in [0, 0.05) is 20.7 Å². The fourth-order valence-electron chi connectivity index (χ4n) is 2.83. The Balaban J connectivity index is 1.68. The summed E-state index contributed by atoms with van der Waals surface area (Å²) in [5.74, 6) is 0.818. The lowest BCUT2D eigenvalue weighted by Gasteiger charge is -2.04. The van der Waals surface area contributed by atoms with E-state index in [0.29, 0.717) is 0 Å². The van der Waals surface area contributed by atoms with Crippen molar-refractivity contribution in [1.82, 2.24) is 4.98 Å². The van der Waals surface area contributed by atoms with Gasteiger partial charge in [-0.15, -0.1) is 0 Å². The SMILES string of the molecule is COc1cc2c(Br)c(-c3ccc(Sc4ccccc4)cc3)[nH]c2cc1Br. The van der Waals surface area contributed by atoms with E-state index in [2.05, 4.69) is 85.4 Å². The van der Waals surface area contributed by atoms with E-state index >= 15 is 0 Å². The van der Waals surface area contributed by atoms with Gasteiger partial charge in [0.25, 0.3) is 0 Å². The zero-order chi connectivity index (χ0) is 18.1. The quantitative estimate of drug-likeness (QED) is 0.321. The number of hydrogen-bond acceptors (Lipinski definition) is 2. The molecule has 1 aromatic heterocycles. The van der Waals surface area contributed by atoms with E-state index < -0.39 is 0 Å². The first-order valence-electron chi connectivity index (χ1n) is 8.04. The molecule has 1 N–H and O–H groups in total. The number of ether oxygens (including phenoxy) is 1. The maximum Gasteiger partial charge on any atom is 0.133 e. The third-order valence-corrected chi connectivity index (χ3v) is 6.59. The molecule has 0 saturated carbocycles. The highest BCUT2D eigenvalue weighted by Crippen LogP contribution is 2.39. The number of rotatable bonds is 4. The third-order valence-electron chi connectivity index (χ3n) is 4.13. The molecule has 3 aromatic carbocycles.